The van der Waals surface area contributed by atoms with Crippen molar-refractivity contribution >= 4 is 11.4 Å². The number of benzene rings is 1. The number of anilines is 2. The van der Waals surface area contributed by atoms with Crippen molar-refractivity contribution in [1.82, 2.24) is 4.90 Å². The number of nitrogens with two attached hydrogens (primary N) is 1. The summed E-state index contributed by atoms with van der Waals surface area (Å²) in [5, 5.41) is 9.23. The molecule has 18 heavy (non-hydrogen) atoms. The largest absolute Gasteiger partial charge is 0.399 e. The van der Waals surface area contributed by atoms with Crippen LogP contribution in [0.5, 0.6) is 0 Å². The van der Waals surface area contributed by atoms with Gasteiger partial charge in [0.25, 0.3) is 0 Å². The van der Waals surface area contributed by atoms with Crippen molar-refractivity contribution in [3.63, 3.8) is 0 Å². The SMILES string of the molecule is CN(C)CC1CCCN1c1ccc(N)cc1C#N. The Bertz CT molecular complexity index is 461. The minimum Gasteiger partial charge on any atom is -0.399 e. The first kappa shape index (κ1) is 12.7. The smallest absolute Gasteiger partial charge is 0.101 e. The molecule has 0 aromatic heterocycles. The molecule has 2 rings (SSSR count). The number of nitrogens with zero attached hydrogens (tertiary/aromatic N) is 3. The van der Waals surface area contributed by atoms with Crippen LogP contribution in [0.1, 0.15) is 18.4 Å². The van der Waals surface area contributed by atoms with Gasteiger partial charge in [0, 0.05) is 24.8 Å². The van der Waals surface area contributed by atoms with Crippen LogP contribution in [0.3, 0.4) is 0 Å². The molecule has 1 aliphatic heterocycles. The lowest BCUT2D eigenvalue weighted by Crippen LogP contribution is -2.37. The van der Waals surface area contributed by atoms with Gasteiger partial charge in [0.15, 0.2) is 0 Å². The second-order valence-corrected chi connectivity index (χ2v) is 5.14. The van der Waals surface area contributed by atoms with Crippen LogP contribution in [-0.2, 0) is 0 Å². The van der Waals surface area contributed by atoms with Crippen molar-refractivity contribution in [1.29, 1.82) is 5.26 Å². The highest BCUT2D eigenvalue weighted by molar-refractivity contribution is 5.65. The molecule has 0 bridgehead atoms. The quantitative estimate of drug-likeness (QED) is 0.822. The van der Waals surface area contributed by atoms with E-state index in [1.807, 2.05) is 12.1 Å². The van der Waals surface area contributed by atoms with Crippen molar-refractivity contribution in [2.75, 3.05) is 37.8 Å². The number of hydrogen-bond acceptors (Lipinski definition) is 4. The van der Waals surface area contributed by atoms with Crippen LogP contribution in [0.25, 0.3) is 0 Å². The fraction of sp³-hybridized carbons (Fsp3) is 0.500. The molecule has 2 N–H and O–H groups in total. The maximum absolute atomic E-state index is 9.23. The predicted octanol–water partition coefficient (Wildman–Crippen LogP) is 1.67. The molecule has 1 heterocycles. The van der Waals surface area contributed by atoms with Gasteiger partial charge in [0.2, 0.25) is 0 Å². The molecule has 1 aliphatic rings. The highest BCUT2D eigenvalue weighted by Crippen LogP contribution is 2.29. The highest BCUT2D eigenvalue weighted by atomic mass is 15.2. The molecule has 1 atom stereocenters. The van der Waals surface area contributed by atoms with E-state index in [0.717, 1.165) is 18.8 Å². The summed E-state index contributed by atoms with van der Waals surface area (Å²) < 4.78 is 0. The van der Waals surface area contributed by atoms with Gasteiger partial charge in [-0.05, 0) is 45.1 Å². The first-order valence-corrected chi connectivity index (χ1v) is 6.33. The van der Waals surface area contributed by atoms with E-state index in [4.69, 9.17) is 5.73 Å². The maximum atomic E-state index is 9.23. The number of hydrogen-bond donors (Lipinski definition) is 1. The maximum Gasteiger partial charge on any atom is 0.101 e. The molecule has 4 heteroatoms. The van der Waals surface area contributed by atoms with Crippen molar-refractivity contribution in [3.8, 4) is 6.07 Å². The third-order valence-electron chi connectivity index (χ3n) is 3.40. The Morgan fingerprint density at radius 1 is 1.50 bits per heavy atom. The molecular formula is C14H20N4. The van der Waals surface area contributed by atoms with Gasteiger partial charge in [0.05, 0.1) is 11.3 Å². The van der Waals surface area contributed by atoms with Crippen molar-refractivity contribution in [3.05, 3.63) is 23.8 Å². The zero-order chi connectivity index (χ0) is 13.1. The Morgan fingerprint density at radius 2 is 2.28 bits per heavy atom. The van der Waals surface area contributed by atoms with E-state index in [1.54, 1.807) is 6.07 Å². The van der Waals surface area contributed by atoms with Gasteiger partial charge >= 0.3 is 0 Å². The molecule has 1 aromatic rings. The molecule has 1 aromatic carbocycles. The van der Waals surface area contributed by atoms with Gasteiger partial charge < -0.3 is 15.5 Å². The lowest BCUT2D eigenvalue weighted by atomic mass is 10.1. The molecule has 4 nitrogen and oxygen atoms in total. The predicted molar refractivity (Wildman–Crippen MR) is 74.5 cm³/mol. The van der Waals surface area contributed by atoms with Crippen LogP contribution < -0.4 is 10.6 Å². The van der Waals surface area contributed by atoms with Crippen LogP contribution in [0.2, 0.25) is 0 Å². The van der Waals surface area contributed by atoms with E-state index >= 15 is 0 Å². The molecule has 0 saturated carbocycles. The lowest BCUT2D eigenvalue weighted by molar-refractivity contribution is 0.372. The molecule has 1 unspecified atom stereocenters. The van der Waals surface area contributed by atoms with Gasteiger partial charge in [0.1, 0.15) is 6.07 Å². The molecule has 96 valence electrons. The van der Waals surface area contributed by atoms with Crippen LogP contribution >= 0.6 is 0 Å². The van der Waals surface area contributed by atoms with Gasteiger partial charge in [-0.25, -0.2) is 0 Å². The van der Waals surface area contributed by atoms with E-state index in [2.05, 4.69) is 30.0 Å². The average Bonchev–Trinajstić information content (AvgIpc) is 2.76. The second kappa shape index (κ2) is 5.28. The van der Waals surface area contributed by atoms with Gasteiger partial charge in [-0.3, -0.25) is 0 Å². The fourth-order valence-electron chi connectivity index (χ4n) is 2.66. The fourth-order valence-corrected chi connectivity index (χ4v) is 2.66. The van der Waals surface area contributed by atoms with E-state index in [1.165, 1.54) is 12.8 Å². The van der Waals surface area contributed by atoms with E-state index in [0.29, 0.717) is 17.3 Å². The van der Waals surface area contributed by atoms with E-state index in [-0.39, 0.29) is 0 Å². The number of rotatable bonds is 3. The topological polar surface area (TPSA) is 56.3 Å². The van der Waals surface area contributed by atoms with Crippen molar-refractivity contribution in [2.24, 2.45) is 0 Å². The summed E-state index contributed by atoms with van der Waals surface area (Å²) in [6, 6.07) is 8.36. The summed E-state index contributed by atoms with van der Waals surface area (Å²) in [4.78, 5) is 4.55. The first-order chi connectivity index (χ1) is 8.61. The highest BCUT2D eigenvalue weighted by Gasteiger charge is 2.26. The number of nitrogen functional groups attached to an aromatic ring is 1. The summed E-state index contributed by atoms with van der Waals surface area (Å²) in [5.41, 5.74) is 8.10. The minimum absolute atomic E-state index is 0.496. The lowest BCUT2D eigenvalue weighted by Gasteiger charge is -2.29. The summed E-state index contributed by atoms with van der Waals surface area (Å²) in [7, 11) is 4.18. The third kappa shape index (κ3) is 2.57. The molecule has 0 aliphatic carbocycles. The van der Waals surface area contributed by atoms with Crippen LogP contribution in [0.15, 0.2) is 18.2 Å². The number of likely N-dealkylation sites (N-methyl/N-ethyl adjacent to an activating group) is 1. The Labute approximate surface area is 109 Å². The second-order valence-electron chi connectivity index (χ2n) is 5.14. The Balaban J connectivity index is 2.27. The van der Waals surface area contributed by atoms with Crippen LogP contribution in [-0.4, -0.2) is 38.1 Å². The minimum atomic E-state index is 0.496. The van der Waals surface area contributed by atoms with Gasteiger partial charge in [-0.2, -0.15) is 5.26 Å². The normalized spacial score (nSPS) is 19.2. The van der Waals surface area contributed by atoms with Crippen molar-refractivity contribution in [2.45, 2.75) is 18.9 Å². The molecule has 1 fully saturated rings. The molecule has 0 spiro atoms. The van der Waals surface area contributed by atoms with Gasteiger partial charge in [-0.1, -0.05) is 0 Å². The van der Waals surface area contributed by atoms with Crippen molar-refractivity contribution < 1.29 is 0 Å². The zero-order valence-corrected chi connectivity index (χ0v) is 11.1. The summed E-state index contributed by atoms with van der Waals surface area (Å²) in [6.45, 7) is 2.05. The zero-order valence-electron chi connectivity index (χ0n) is 11.1. The Hall–Kier alpha value is -1.73. The monoisotopic (exact) mass is 244 g/mol. The standard InChI is InChI=1S/C14H20N4/c1-17(2)10-13-4-3-7-18(13)14-6-5-12(16)8-11(14)9-15/h5-6,8,13H,3-4,7,10,16H2,1-2H3. The summed E-state index contributed by atoms with van der Waals surface area (Å²) in [5.74, 6) is 0. The Morgan fingerprint density at radius 3 is 2.94 bits per heavy atom. The molecule has 1 saturated heterocycles. The molecule has 0 radical (unpaired) electrons. The molecular weight excluding hydrogens is 224 g/mol. The average molecular weight is 244 g/mol. The summed E-state index contributed by atoms with van der Waals surface area (Å²) >= 11 is 0. The summed E-state index contributed by atoms with van der Waals surface area (Å²) in [6.07, 6.45) is 2.38. The van der Waals surface area contributed by atoms with Crippen LogP contribution in [0.4, 0.5) is 11.4 Å². The molecule has 0 amide bonds. The van der Waals surface area contributed by atoms with Crippen LogP contribution in [0, 0.1) is 11.3 Å². The third-order valence-corrected chi connectivity index (χ3v) is 3.40. The Kier molecular flexibility index (Phi) is 3.73. The van der Waals surface area contributed by atoms with E-state index in [9.17, 15) is 5.26 Å². The number of nitriles is 1. The van der Waals surface area contributed by atoms with Gasteiger partial charge in [-0.15, -0.1) is 0 Å². The van der Waals surface area contributed by atoms with E-state index < -0.39 is 0 Å². The first-order valence-electron chi connectivity index (χ1n) is 6.33.